The van der Waals surface area contributed by atoms with E-state index < -0.39 is 0 Å². The molecule has 2 fully saturated rings. The molecule has 0 spiro atoms. The fourth-order valence-corrected chi connectivity index (χ4v) is 3.82. The molecule has 1 unspecified atom stereocenters. The lowest BCUT2D eigenvalue weighted by atomic mass is 9.92. The van der Waals surface area contributed by atoms with Crippen LogP contribution in [-0.2, 0) is 0 Å². The number of nitrogens with two attached hydrogens (primary N) is 1. The summed E-state index contributed by atoms with van der Waals surface area (Å²) in [5.41, 5.74) is 6.29. The van der Waals surface area contributed by atoms with Gasteiger partial charge in [-0.1, -0.05) is 0 Å². The molecule has 88 valence electrons. The summed E-state index contributed by atoms with van der Waals surface area (Å²) in [7, 11) is 0. The van der Waals surface area contributed by atoms with Crippen molar-refractivity contribution in [2.75, 3.05) is 25.4 Å². The molecule has 2 aliphatic rings. The standard InChI is InChI=1S/C12H24N2S/c1-11(2)9-14(6-7-15-11)12(3,8-13)10-4-5-10/h10H,4-9,13H2,1-3H3. The van der Waals surface area contributed by atoms with Gasteiger partial charge >= 0.3 is 0 Å². The average Bonchev–Trinajstić information content (AvgIpc) is 2.98. The number of nitrogens with zero attached hydrogens (tertiary/aromatic N) is 1. The van der Waals surface area contributed by atoms with Crippen molar-refractivity contribution in [1.29, 1.82) is 0 Å². The number of hydrogen-bond acceptors (Lipinski definition) is 3. The number of thioether (sulfide) groups is 1. The molecular formula is C12H24N2S. The van der Waals surface area contributed by atoms with Crippen LogP contribution in [-0.4, -0.2) is 40.6 Å². The molecule has 1 aliphatic heterocycles. The lowest BCUT2D eigenvalue weighted by Crippen LogP contribution is -2.59. The van der Waals surface area contributed by atoms with Gasteiger partial charge in [0.25, 0.3) is 0 Å². The van der Waals surface area contributed by atoms with Gasteiger partial charge < -0.3 is 5.73 Å². The van der Waals surface area contributed by atoms with E-state index in [2.05, 4.69) is 37.4 Å². The van der Waals surface area contributed by atoms with Gasteiger partial charge in [-0.15, -0.1) is 0 Å². The van der Waals surface area contributed by atoms with Gasteiger partial charge in [0.05, 0.1) is 0 Å². The average molecular weight is 228 g/mol. The maximum atomic E-state index is 6.02. The first-order valence-corrected chi connectivity index (χ1v) is 7.05. The van der Waals surface area contributed by atoms with E-state index >= 15 is 0 Å². The Labute approximate surface area is 98.0 Å². The van der Waals surface area contributed by atoms with Crippen molar-refractivity contribution in [2.24, 2.45) is 11.7 Å². The van der Waals surface area contributed by atoms with E-state index in [4.69, 9.17) is 5.73 Å². The molecule has 15 heavy (non-hydrogen) atoms. The van der Waals surface area contributed by atoms with Crippen LogP contribution in [0.25, 0.3) is 0 Å². The van der Waals surface area contributed by atoms with Crippen molar-refractivity contribution in [2.45, 2.75) is 43.9 Å². The molecule has 1 aliphatic carbocycles. The Morgan fingerprint density at radius 1 is 1.47 bits per heavy atom. The van der Waals surface area contributed by atoms with E-state index in [1.807, 2.05) is 0 Å². The largest absolute Gasteiger partial charge is 0.329 e. The second-order valence-electron chi connectivity index (χ2n) is 5.87. The summed E-state index contributed by atoms with van der Waals surface area (Å²) in [6.45, 7) is 10.3. The van der Waals surface area contributed by atoms with Crippen molar-refractivity contribution in [1.82, 2.24) is 4.90 Å². The van der Waals surface area contributed by atoms with Crippen molar-refractivity contribution >= 4 is 11.8 Å². The molecule has 0 aromatic heterocycles. The van der Waals surface area contributed by atoms with Gasteiger partial charge in [-0.3, -0.25) is 4.90 Å². The molecule has 0 bridgehead atoms. The highest BCUT2D eigenvalue weighted by Crippen LogP contribution is 2.45. The quantitative estimate of drug-likeness (QED) is 0.800. The SMILES string of the molecule is CC1(C)CN(C(C)(CN)C2CC2)CCS1. The van der Waals surface area contributed by atoms with Crippen LogP contribution in [0.3, 0.4) is 0 Å². The maximum Gasteiger partial charge on any atom is 0.0332 e. The molecule has 2 nitrogen and oxygen atoms in total. The minimum absolute atomic E-state index is 0.276. The van der Waals surface area contributed by atoms with Crippen LogP contribution in [0.4, 0.5) is 0 Å². The van der Waals surface area contributed by atoms with Gasteiger partial charge in [0.1, 0.15) is 0 Å². The molecule has 1 saturated heterocycles. The van der Waals surface area contributed by atoms with E-state index in [0.29, 0.717) is 4.75 Å². The van der Waals surface area contributed by atoms with Crippen LogP contribution >= 0.6 is 11.8 Å². The third kappa shape index (κ3) is 2.34. The molecule has 2 rings (SSSR count). The number of rotatable bonds is 3. The van der Waals surface area contributed by atoms with Gasteiger partial charge in [0, 0.05) is 35.7 Å². The van der Waals surface area contributed by atoms with E-state index in [1.165, 1.54) is 31.7 Å². The first kappa shape index (κ1) is 11.7. The second-order valence-corrected chi connectivity index (χ2v) is 7.67. The van der Waals surface area contributed by atoms with Gasteiger partial charge in [-0.2, -0.15) is 11.8 Å². The fourth-order valence-electron chi connectivity index (χ4n) is 2.71. The Morgan fingerprint density at radius 3 is 2.60 bits per heavy atom. The monoisotopic (exact) mass is 228 g/mol. The van der Waals surface area contributed by atoms with E-state index in [0.717, 1.165) is 12.5 Å². The smallest absolute Gasteiger partial charge is 0.0332 e. The highest BCUT2D eigenvalue weighted by Gasteiger charge is 2.46. The summed E-state index contributed by atoms with van der Waals surface area (Å²) >= 11 is 2.10. The molecule has 0 aromatic rings. The summed E-state index contributed by atoms with van der Waals surface area (Å²) in [5.74, 6) is 2.12. The molecule has 2 N–H and O–H groups in total. The minimum Gasteiger partial charge on any atom is -0.329 e. The first-order valence-electron chi connectivity index (χ1n) is 6.07. The Hall–Kier alpha value is 0.270. The van der Waals surface area contributed by atoms with E-state index in [-0.39, 0.29) is 5.54 Å². The van der Waals surface area contributed by atoms with Crippen molar-refractivity contribution in [3.63, 3.8) is 0 Å². The molecule has 0 aromatic carbocycles. The zero-order valence-electron chi connectivity index (χ0n) is 10.3. The van der Waals surface area contributed by atoms with Crippen LogP contribution in [0.15, 0.2) is 0 Å². The molecule has 1 heterocycles. The molecule has 1 atom stereocenters. The van der Waals surface area contributed by atoms with Crippen LogP contribution in [0.2, 0.25) is 0 Å². The van der Waals surface area contributed by atoms with E-state index in [1.54, 1.807) is 0 Å². The Balaban J connectivity index is 2.07. The molecule has 1 saturated carbocycles. The lowest BCUT2D eigenvalue weighted by Gasteiger charge is -2.48. The fraction of sp³-hybridized carbons (Fsp3) is 1.00. The minimum atomic E-state index is 0.276. The lowest BCUT2D eigenvalue weighted by molar-refractivity contribution is 0.0838. The zero-order valence-corrected chi connectivity index (χ0v) is 11.1. The first-order chi connectivity index (χ1) is 6.98. The van der Waals surface area contributed by atoms with Crippen LogP contribution in [0.1, 0.15) is 33.6 Å². The van der Waals surface area contributed by atoms with Crippen LogP contribution < -0.4 is 5.73 Å². The van der Waals surface area contributed by atoms with Crippen LogP contribution in [0.5, 0.6) is 0 Å². The third-order valence-electron chi connectivity index (χ3n) is 4.02. The Morgan fingerprint density at radius 2 is 2.13 bits per heavy atom. The number of hydrogen-bond donors (Lipinski definition) is 1. The van der Waals surface area contributed by atoms with Crippen molar-refractivity contribution < 1.29 is 0 Å². The predicted octanol–water partition coefficient (Wildman–Crippen LogP) is 1.94. The van der Waals surface area contributed by atoms with Gasteiger partial charge in [0.15, 0.2) is 0 Å². The molecular weight excluding hydrogens is 204 g/mol. The van der Waals surface area contributed by atoms with Crippen molar-refractivity contribution in [3.8, 4) is 0 Å². The summed E-state index contributed by atoms with van der Waals surface area (Å²) in [6.07, 6.45) is 2.77. The second kappa shape index (κ2) is 3.94. The maximum absolute atomic E-state index is 6.02. The highest BCUT2D eigenvalue weighted by atomic mass is 32.2. The summed E-state index contributed by atoms with van der Waals surface area (Å²) in [5, 5.41) is 0. The topological polar surface area (TPSA) is 29.3 Å². The Bertz CT molecular complexity index is 238. The molecule has 0 radical (unpaired) electrons. The van der Waals surface area contributed by atoms with Gasteiger partial charge in [0.2, 0.25) is 0 Å². The van der Waals surface area contributed by atoms with Gasteiger partial charge in [-0.05, 0) is 39.5 Å². The van der Waals surface area contributed by atoms with Crippen molar-refractivity contribution in [3.05, 3.63) is 0 Å². The summed E-state index contributed by atoms with van der Waals surface area (Å²) < 4.78 is 0.406. The Kier molecular flexibility index (Phi) is 3.08. The summed E-state index contributed by atoms with van der Waals surface area (Å²) in [6, 6.07) is 0. The zero-order chi connectivity index (χ0) is 11.1. The third-order valence-corrected chi connectivity index (χ3v) is 5.32. The highest BCUT2D eigenvalue weighted by molar-refractivity contribution is 8.00. The van der Waals surface area contributed by atoms with Crippen LogP contribution in [0, 0.1) is 5.92 Å². The normalized spacial score (nSPS) is 31.2. The molecule has 3 heteroatoms. The van der Waals surface area contributed by atoms with Gasteiger partial charge in [-0.25, -0.2) is 0 Å². The van der Waals surface area contributed by atoms with E-state index in [9.17, 15) is 0 Å². The summed E-state index contributed by atoms with van der Waals surface area (Å²) in [4.78, 5) is 2.65. The molecule has 0 amide bonds. The predicted molar refractivity (Wildman–Crippen MR) is 68.3 cm³/mol.